The summed E-state index contributed by atoms with van der Waals surface area (Å²) >= 11 is 0. The zero-order valence-corrected chi connectivity index (χ0v) is 12.3. The maximum absolute atomic E-state index is 12.4. The number of rotatable bonds is 4. The molecule has 0 aliphatic rings. The van der Waals surface area contributed by atoms with Gasteiger partial charge >= 0.3 is 0 Å². The number of hydrogen-bond donors (Lipinski definition) is 1. The Labute approximate surface area is 123 Å². The van der Waals surface area contributed by atoms with Gasteiger partial charge in [-0.1, -0.05) is 23.8 Å². The summed E-state index contributed by atoms with van der Waals surface area (Å²) in [6.07, 6.45) is 0. The summed E-state index contributed by atoms with van der Waals surface area (Å²) in [7, 11) is 1.53. The minimum atomic E-state index is -0.267. The van der Waals surface area contributed by atoms with E-state index in [-0.39, 0.29) is 11.7 Å². The van der Waals surface area contributed by atoms with Crippen LogP contribution in [0.5, 0.6) is 5.75 Å². The topological polar surface area (TPSA) is 55.4 Å². The van der Waals surface area contributed by atoms with Crippen LogP contribution in [0.15, 0.2) is 42.5 Å². The van der Waals surface area contributed by atoms with Crippen molar-refractivity contribution >= 4 is 17.4 Å². The third-order valence-electron chi connectivity index (χ3n) is 3.13. The van der Waals surface area contributed by atoms with Crippen LogP contribution in [0, 0.1) is 6.92 Å². The molecule has 21 heavy (non-hydrogen) atoms. The summed E-state index contributed by atoms with van der Waals surface area (Å²) in [6.45, 7) is 3.40. The maximum atomic E-state index is 12.4. The van der Waals surface area contributed by atoms with Gasteiger partial charge in [-0.25, -0.2) is 0 Å². The summed E-state index contributed by atoms with van der Waals surface area (Å²) in [4.78, 5) is 23.7. The quantitative estimate of drug-likeness (QED) is 0.874. The van der Waals surface area contributed by atoms with Crippen LogP contribution in [-0.4, -0.2) is 18.8 Å². The molecule has 1 N–H and O–H groups in total. The molecule has 2 rings (SSSR count). The Hall–Kier alpha value is -2.62. The number of anilines is 1. The van der Waals surface area contributed by atoms with Crippen LogP contribution in [0.25, 0.3) is 0 Å². The van der Waals surface area contributed by atoms with Gasteiger partial charge in [-0.15, -0.1) is 0 Å². The number of benzene rings is 2. The van der Waals surface area contributed by atoms with E-state index in [1.165, 1.54) is 14.0 Å². The monoisotopic (exact) mass is 283 g/mol. The summed E-state index contributed by atoms with van der Waals surface area (Å²) in [6, 6.07) is 12.3. The number of ether oxygens (including phenoxy) is 1. The molecule has 0 heterocycles. The molecule has 1 amide bonds. The largest absolute Gasteiger partial charge is 0.496 e. The number of Topliss-reactive ketones (excluding diaryl/α,β-unsaturated/α-hetero) is 1. The first kappa shape index (κ1) is 14.8. The first-order valence-electron chi connectivity index (χ1n) is 6.58. The van der Waals surface area contributed by atoms with Gasteiger partial charge in [0.2, 0.25) is 0 Å². The molecule has 4 heteroatoms. The highest BCUT2D eigenvalue weighted by molar-refractivity contribution is 6.07. The van der Waals surface area contributed by atoms with E-state index in [0.29, 0.717) is 22.6 Å². The van der Waals surface area contributed by atoms with Crippen molar-refractivity contribution in [2.75, 3.05) is 12.4 Å². The first-order chi connectivity index (χ1) is 10.0. The summed E-state index contributed by atoms with van der Waals surface area (Å²) in [5.74, 6) is 0.205. The van der Waals surface area contributed by atoms with Gasteiger partial charge in [0.25, 0.3) is 5.91 Å². The third-order valence-corrected chi connectivity index (χ3v) is 3.13. The van der Waals surface area contributed by atoms with Gasteiger partial charge in [-0.3, -0.25) is 9.59 Å². The molecule has 2 aromatic rings. The molecular weight excluding hydrogens is 266 g/mol. The molecule has 108 valence electrons. The van der Waals surface area contributed by atoms with Gasteiger partial charge in [-0.2, -0.15) is 0 Å². The minimum Gasteiger partial charge on any atom is -0.496 e. The average Bonchev–Trinajstić information content (AvgIpc) is 2.47. The molecule has 0 saturated heterocycles. The molecule has 0 aromatic heterocycles. The number of methoxy groups -OCH3 is 1. The zero-order chi connectivity index (χ0) is 15.4. The molecule has 4 nitrogen and oxygen atoms in total. The normalized spacial score (nSPS) is 10.0. The number of hydrogen-bond acceptors (Lipinski definition) is 3. The molecule has 0 unspecified atom stereocenters. The van der Waals surface area contributed by atoms with E-state index in [2.05, 4.69) is 5.32 Å². The molecule has 0 bridgehead atoms. The standard InChI is InChI=1S/C17H17NO3/c1-11-7-8-16(21-3)15(9-11)17(20)18-14-6-4-5-13(10-14)12(2)19/h4-10H,1-3H3,(H,18,20). The van der Waals surface area contributed by atoms with Crippen LogP contribution in [0.3, 0.4) is 0 Å². The van der Waals surface area contributed by atoms with Crippen LogP contribution in [-0.2, 0) is 0 Å². The van der Waals surface area contributed by atoms with Crippen LogP contribution in [0.2, 0.25) is 0 Å². The van der Waals surface area contributed by atoms with E-state index >= 15 is 0 Å². The Morgan fingerprint density at radius 1 is 1.10 bits per heavy atom. The molecule has 0 saturated carbocycles. The van der Waals surface area contributed by atoms with E-state index < -0.39 is 0 Å². The fourth-order valence-corrected chi connectivity index (χ4v) is 2.01. The van der Waals surface area contributed by atoms with Gasteiger partial charge in [-0.05, 0) is 38.1 Å². The van der Waals surface area contributed by atoms with Gasteiger partial charge in [0.15, 0.2) is 5.78 Å². The molecule has 0 spiro atoms. The number of nitrogens with one attached hydrogen (secondary N) is 1. The van der Waals surface area contributed by atoms with E-state index in [9.17, 15) is 9.59 Å². The molecule has 2 aromatic carbocycles. The second-order valence-corrected chi connectivity index (χ2v) is 4.79. The second-order valence-electron chi connectivity index (χ2n) is 4.79. The van der Waals surface area contributed by atoms with E-state index in [0.717, 1.165) is 5.56 Å². The molecule has 0 atom stereocenters. The molecule has 0 radical (unpaired) electrons. The van der Waals surface area contributed by atoms with E-state index in [1.807, 2.05) is 13.0 Å². The van der Waals surface area contributed by atoms with Crippen LogP contribution in [0.4, 0.5) is 5.69 Å². The Kier molecular flexibility index (Phi) is 4.38. The van der Waals surface area contributed by atoms with Crippen LogP contribution >= 0.6 is 0 Å². The van der Waals surface area contributed by atoms with Crippen molar-refractivity contribution in [1.29, 1.82) is 0 Å². The summed E-state index contributed by atoms with van der Waals surface area (Å²) < 4.78 is 5.21. The second kappa shape index (κ2) is 6.22. The predicted molar refractivity (Wildman–Crippen MR) is 82.1 cm³/mol. The molecule has 0 aliphatic carbocycles. The molecular formula is C17H17NO3. The fraction of sp³-hybridized carbons (Fsp3) is 0.176. The van der Waals surface area contributed by atoms with Crippen molar-refractivity contribution in [2.45, 2.75) is 13.8 Å². The highest BCUT2D eigenvalue weighted by Crippen LogP contribution is 2.21. The zero-order valence-electron chi connectivity index (χ0n) is 12.3. The Morgan fingerprint density at radius 2 is 1.86 bits per heavy atom. The smallest absolute Gasteiger partial charge is 0.259 e. The van der Waals surface area contributed by atoms with Crippen molar-refractivity contribution < 1.29 is 14.3 Å². The SMILES string of the molecule is COc1ccc(C)cc1C(=O)Nc1cccc(C(C)=O)c1. The van der Waals surface area contributed by atoms with Crippen LogP contribution in [0.1, 0.15) is 33.2 Å². The summed E-state index contributed by atoms with van der Waals surface area (Å²) in [5, 5.41) is 2.78. The highest BCUT2D eigenvalue weighted by atomic mass is 16.5. The Bertz CT molecular complexity index is 692. The fourth-order valence-electron chi connectivity index (χ4n) is 2.01. The molecule has 0 fully saturated rings. The Morgan fingerprint density at radius 3 is 2.52 bits per heavy atom. The summed E-state index contributed by atoms with van der Waals surface area (Å²) in [5.41, 5.74) is 2.57. The van der Waals surface area contributed by atoms with Crippen molar-refractivity contribution in [3.63, 3.8) is 0 Å². The molecule has 0 aliphatic heterocycles. The number of aryl methyl sites for hydroxylation is 1. The highest BCUT2D eigenvalue weighted by Gasteiger charge is 2.13. The van der Waals surface area contributed by atoms with Gasteiger partial charge in [0.1, 0.15) is 5.75 Å². The maximum Gasteiger partial charge on any atom is 0.259 e. The van der Waals surface area contributed by atoms with Crippen molar-refractivity contribution in [2.24, 2.45) is 0 Å². The lowest BCUT2D eigenvalue weighted by atomic mass is 10.1. The number of carbonyl (C=O) groups is 2. The number of amides is 1. The average molecular weight is 283 g/mol. The first-order valence-corrected chi connectivity index (χ1v) is 6.58. The lowest BCUT2D eigenvalue weighted by molar-refractivity contribution is 0.101. The van der Waals surface area contributed by atoms with E-state index in [1.54, 1.807) is 36.4 Å². The van der Waals surface area contributed by atoms with Gasteiger partial charge in [0, 0.05) is 11.3 Å². The minimum absolute atomic E-state index is 0.0424. The van der Waals surface area contributed by atoms with Crippen molar-refractivity contribution in [3.8, 4) is 5.75 Å². The van der Waals surface area contributed by atoms with E-state index in [4.69, 9.17) is 4.74 Å². The van der Waals surface area contributed by atoms with Crippen LogP contribution < -0.4 is 10.1 Å². The van der Waals surface area contributed by atoms with Gasteiger partial charge < -0.3 is 10.1 Å². The van der Waals surface area contributed by atoms with Crippen molar-refractivity contribution in [1.82, 2.24) is 0 Å². The lowest BCUT2D eigenvalue weighted by Gasteiger charge is -2.10. The Balaban J connectivity index is 2.28. The third kappa shape index (κ3) is 3.48. The predicted octanol–water partition coefficient (Wildman–Crippen LogP) is 3.46. The number of ketones is 1. The lowest BCUT2D eigenvalue weighted by Crippen LogP contribution is -2.13. The van der Waals surface area contributed by atoms with Gasteiger partial charge in [0.05, 0.1) is 12.7 Å². The number of carbonyl (C=O) groups excluding carboxylic acids is 2. The van der Waals surface area contributed by atoms with Crippen molar-refractivity contribution in [3.05, 3.63) is 59.2 Å².